The summed E-state index contributed by atoms with van der Waals surface area (Å²) in [5.74, 6) is -0.0266. The van der Waals surface area contributed by atoms with E-state index in [0.29, 0.717) is 18.2 Å². The number of carbonyl (C=O) groups is 1. The fraction of sp³-hybridized carbons (Fsp3) is 0.444. The standard InChI is InChI=1S/C18H22FN3OS/c1-12(2)18-21-16(11-24-18)17(23)20-14-6-4-8-22(10-14)15-7-3-5-13(19)9-15/h3,5,7,9,11-12,14H,4,6,8,10H2,1-2H3,(H,20,23). The molecule has 0 spiro atoms. The number of halogens is 1. The predicted molar refractivity (Wildman–Crippen MR) is 95.3 cm³/mol. The molecule has 1 atom stereocenters. The van der Waals surface area contributed by atoms with Gasteiger partial charge in [0.2, 0.25) is 0 Å². The lowest BCUT2D eigenvalue weighted by Crippen LogP contribution is -2.48. The Bertz CT molecular complexity index is 716. The lowest BCUT2D eigenvalue weighted by atomic mass is 10.0. The van der Waals surface area contributed by atoms with E-state index >= 15 is 0 Å². The summed E-state index contributed by atoms with van der Waals surface area (Å²) in [6.07, 6.45) is 1.90. The number of hydrogen-bond acceptors (Lipinski definition) is 4. The number of anilines is 1. The van der Waals surface area contributed by atoms with Crippen molar-refractivity contribution in [3.8, 4) is 0 Å². The maximum absolute atomic E-state index is 13.4. The Kier molecular flexibility index (Phi) is 5.14. The van der Waals surface area contributed by atoms with E-state index in [0.717, 1.165) is 30.1 Å². The normalized spacial score (nSPS) is 18.0. The van der Waals surface area contributed by atoms with E-state index in [9.17, 15) is 9.18 Å². The SMILES string of the molecule is CC(C)c1nc(C(=O)NC2CCCN(c3cccc(F)c3)C2)cs1. The number of thiazole rings is 1. The monoisotopic (exact) mass is 347 g/mol. The van der Waals surface area contributed by atoms with Crippen LogP contribution in [0.15, 0.2) is 29.6 Å². The second-order valence-electron chi connectivity index (χ2n) is 6.46. The van der Waals surface area contributed by atoms with Crippen LogP contribution in [-0.2, 0) is 0 Å². The number of aromatic nitrogens is 1. The van der Waals surface area contributed by atoms with Gasteiger partial charge in [-0.3, -0.25) is 4.79 Å². The molecule has 6 heteroatoms. The van der Waals surface area contributed by atoms with Gasteiger partial charge in [-0.05, 0) is 31.0 Å². The highest BCUT2D eigenvalue weighted by atomic mass is 32.1. The first-order valence-electron chi connectivity index (χ1n) is 8.29. The van der Waals surface area contributed by atoms with E-state index < -0.39 is 0 Å². The van der Waals surface area contributed by atoms with Gasteiger partial charge in [0.25, 0.3) is 5.91 Å². The van der Waals surface area contributed by atoms with Crippen LogP contribution in [0.1, 0.15) is 48.1 Å². The summed E-state index contributed by atoms with van der Waals surface area (Å²) in [4.78, 5) is 18.9. The van der Waals surface area contributed by atoms with Gasteiger partial charge in [-0.2, -0.15) is 0 Å². The van der Waals surface area contributed by atoms with Crippen molar-refractivity contribution in [3.63, 3.8) is 0 Å². The van der Waals surface area contributed by atoms with Gasteiger partial charge >= 0.3 is 0 Å². The minimum absolute atomic E-state index is 0.0544. The summed E-state index contributed by atoms with van der Waals surface area (Å²) in [6.45, 7) is 5.71. The van der Waals surface area contributed by atoms with Gasteiger partial charge in [0.15, 0.2) is 0 Å². The molecule has 2 aromatic rings. The predicted octanol–water partition coefficient (Wildman–Crippen LogP) is 3.80. The van der Waals surface area contributed by atoms with Gasteiger partial charge in [-0.1, -0.05) is 19.9 Å². The van der Waals surface area contributed by atoms with Gasteiger partial charge in [-0.15, -0.1) is 11.3 Å². The maximum atomic E-state index is 13.4. The molecule has 4 nitrogen and oxygen atoms in total. The molecule has 1 N–H and O–H groups in total. The van der Waals surface area contributed by atoms with Gasteiger partial charge in [-0.25, -0.2) is 9.37 Å². The number of piperidine rings is 1. The highest BCUT2D eigenvalue weighted by Crippen LogP contribution is 2.22. The highest BCUT2D eigenvalue weighted by molar-refractivity contribution is 7.09. The van der Waals surface area contributed by atoms with Crippen LogP contribution in [0.4, 0.5) is 10.1 Å². The zero-order chi connectivity index (χ0) is 17.1. The van der Waals surface area contributed by atoms with Crippen molar-refractivity contribution in [2.75, 3.05) is 18.0 Å². The number of carbonyl (C=O) groups excluding carboxylic acids is 1. The molecule has 0 radical (unpaired) electrons. The fourth-order valence-electron chi connectivity index (χ4n) is 2.92. The zero-order valence-corrected chi connectivity index (χ0v) is 14.8. The Hall–Kier alpha value is -1.95. The van der Waals surface area contributed by atoms with Gasteiger partial charge in [0, 0.05) is 36.1 Å². The molecule has 0 saturated carbocycles. The average Bonchev–Trinajstić information content (AvgIpc) is 3.05. The van der Waals surface area contributed by atoms with E-state index in [1.165, 1.54) is 17.4 Å². The van der Waals surface area contributed by atoms with E-state index in [-0.39, 0.29) is 17.8 Å². The van der Waals surface area contributed by atoms with Crippen LogP contribution in [0.3, 0.4) is 0 Å². The molecule has 1 aromatic carbocycles. The van der Waals surface area contributed by atoms with Crippen LogP contribution >= 0.6 is 11.3 Å². The Morgan fingerprint density at radius 1 is 1.46 bits per heavy atom. The molecule has 0 aliphatic carbocycles. The van der Waals surface area contributed by atoms with Crippen molar-refractivity contribution < 1.29 is 9.18 Å². The second-order valence-corrected chi connectivity index (χ2v) is 7.35. The summed E-state index contributed by atoms with van der Waals surface area (Å²) in [5.41, 5.74) is 1.36. The Morgan fingerprint density at radius 3 is 3.00 bits per heavy atom. The summed E-state index contributed by atoms with van der Waals surface area (Å²) >= 11 is 1.52. The Balaban J connectivity index is 1.63. The van der Waals surface area contributed by atoms with E-state index in [4.69, 9.17) is 0 Å². The average molecular weight is 347 g/mol. The van der Waals surface area contributed by atoms with Crippen LogP contribution in [0.2, 0.25) is 0 Å². The molecule has 1 unspecified atom stereocenters. The number of nitrogens with one attached hydrogen (secondary N) is 1. The molecule has 1 aromatic heterocycles. The van der Waals surface area contributed by atoms with Crippen LogP contribution in [-0.4, -0.2) is 30.0 Å². The molecule has 128 valence electrons. The molecule has 1 amide bonds. The number of amides is 1. The van der Waals surface area contributed by atoms with Crippen molar-refractivity contribution in [2.24, 2.45) is 0 Å². The van der Waals surface area contributed by atoms with E-state index in [1.807, 2.05) is 11.4 Å². The molecule has 1 aliphatic heterocycles. The second kappa shape index (κ2) is 7.30. The smallest absolute Gasteiger partial charge is 0.271 e. The van der Waals surface area contributed by atoms with Crippen molar-refractivity contribution in [2.45, 2.75) is 38.6 Å². The molecule has 1 saturated heterocycles. The van der Waals surface area contributed by atoms with Gasteiger partial charge < -0.3 is 10.2 Å². The van der Waals surface area contributed by atoms with Crippen LogP contribution < -0.4 is 10.2 Å². The summed E-state index contributed by atoms with van der Waals surface area (Å²) in [5, 5.41) is 5.87. The van der Waals surface area contributed by atoms with Crippen LogP contribution in [0, 0.1) is 5.82 Å². The number of nitrogens with zero attached hydrogens (tertiary/aromatic N) is 2. The van der Waals surface area contributed by atoms with Gasteiger partial charge in [0.05, 0.1) is 5.01 Å². The first kappa shape index (κ1) is 16.9. The highest BCUT2D eigenvalue weighted by Gasteiger charge is 2.23. The molecular weight excluding hydrogens is 325 g/mol. The summed E-state index contributed by atoms with van der Waals surface area (Å²) in [7, 11) is 0. The number of rotatable bonds is 4. The molecule has 0 bridgehead atoms. The third-order valence-corrected chi connectivity index (χ3v) is 5.32. The number of benzene rings is 1. The lowest BCUT2D eigenvalue weighted by molar-refractivity contribution is 0.0928. The third-order valence-electron chi connectivity index (χ3n) is 4.18. The first-order valence-corrected chi connectivity index (χ1v) is 9.17. The zero-order valence-electron chi connectivity index (χ0n) is 14.0. The van der Waals surface area contributed by atoms with E-state index in [1.54, 1.807) is 12.1 Å². The fourth-order valence-corrected chi connectivity index (χ4v) is 3.73. The summed E-state index contributed by atoms with van der Waals surface area (Å²) < 4.78 is 13.4. The topological polar surface area (TPSA) is 45.2 Å². The molecule has 3 rings (SSSR count). The van der Waals surface area contributed by atoms with Crippen LogP contribution in [0.5, 0.6) is 0 Å². The lowest BCUT2D eigenvalue weighted by Gasteiger charge is -2.34. The molecule has 1 fully saturated rings. The Labute approximate surface area is 145 Å². The van der Waals surface area contributed by atoms with Gasteiger partial charge in [0.1, 0.15) is 11.5 Å². The maximum Gasteiger partial charge on any atom is 0.271 e. The third kappa shape index (κ3) is 3.93. The van der Waals surface area contributed by atoms with Crippen molar-refractivity contribution in [1.29, 1.82) is 0 Å². The van der Waals surface area contributed by atoms with Crippen LogP contribution in [0.25, 0.3) is 0 Å². The first-order chi connectivity index (χ1) is 11.5. The molecular formula is C18H22FN3OS. The molecule has 1 aliphatic rings. The number of hydrogen-bond donors (Lipinski definition) is 1. The van der Waals surface area contributed by atoms with E-state index in [2.05, 4.69) is 29.0 Å². The summed E-state index contributed by atoms with van der Waals surface area (Å²) in [6, 6.07) is 6.66. The Morgan fingerprint density at radius 2 is 2.29 bits per heavy atom. The molecule has 2 heterocycles. The minimum Gasteiger partial charge on any atom is -0.369 e. The van der Waals surface area contributed by atoms with Crippen molar-refractivity contribution in [1.82, 2.24) is 10.3 Å². The van der Waals surface area contributed by atoms with Crippen molar-refractivity contribution >= 4 is 22.9 Å². The largest absolute Gasteiger partial charge is 0.369 e. The molecule has 24 heavy (non-hydrogen) atoms. The van der Waals surface area contributed by atoms with Crippen molar-refractivity contribution in [3.05, 3.63) is 46.2 Å². The minimum atomic E-state index is -0.234. The quantitative estimate of drug-likeness (QED) is 0.915.